The lowest BCUT2D eigenvalue weighted by atomic mass is 9.65. The van der Waals surface area contributed by atoms with E-state index < -0.39 is 0 Å². The molecule has 1 aromatic heterocycles. The van der Waals surface area contributed by atoms with E-state index in [0.717, 1.165) is 35.3 Å². The zero-order valence-electron chi connectivity index (χ0n) is 16.1. The van der Waals surface area contributed by atoms with Crippen molar-refractivity contribution in [3.8, 4) is 22.6 Å². The quantitative estimate of drug-likeness (QED) is 0.494. The number of nitrogens with one attached hydrogen (secondary N) is 1. The van der Waals surface area contributed by atoms with Crippen molar-refractivity contribution in [2.24, 2.45) is 0 Å². The van der Waals surface area contributed by atoms with Gasteiger partial charge in [0.05, 0.1) is 5.69 Å². The van der Waals surface area contributed by atoms with Gasteiger partial charge in [-0.1, -0.05) is 93.5 Å². The molecule has 27 heavy (non-hydrogen) atoms. The standard InChI is InChI=1S/C24H26N2S/c1-3-5-15-24(4-2)16-18-13-9-10-14-19(18)21-20(24)23(27)26-22(25-21)17-11-7-6-8-12-17/h6-14H,3-5,15-16H2,1-2H3,(H,25,26,27). The first kappa shape index (κ1) is 18.1. The third-order valence-corrected chi connectivity index (χ3v) is 6.29. The lowest BCUT2D eigenvalue weighted by Gasteiger charge is -2.39. The van der Waals surface area contributed by atoms with Crippen molar-refractivity contribution < 1.29 is 0 Å². The van der Waals surface area contributed by atoms with Gasteiger partial charge in [-0.25, -0.2) is 4.98 Å². The number of aromatic nitrogens is 2. The minimum atomic E-state index is 0.0789. The summed E-state index contributed by atoms with van der Waals surface area (Å²) in [4.78, 5) is 8.51. The molecule has 138 valence electrons. The van der Waals surface area contributed by atoms with Crippen LogP contribution in [0.4, 0.5) is 0 Å². The van der Waals surface area contributed by atoms with Crippen LogP contribution < -0.4 is 0 Å². The van der Waals surface area contributed by atoms with E-state index in [1.807, 2.05) is 18.2 Å². The van der Waals surface area contributed by atoms with Gasteiger partial charge < -0.3 is 4.98 Å². The Kier molecular flexibility index (Phi) is 4.96. The molecule has 0 radical (unpaired) electrons. The monoisotopic (exact) mass is 374 g/mol. The number of hydrogen-bond donors (Lipinski definition) is 1. The molecule has 0 fully saturated rings. The second-order valence-corrected chi connectivity index (χ2v) is 7.96. The summed E-state index contributed by atoms with van der Waals surface area (Å²) in [6, 6.07) is 19.0. The van der Waals surface area contributed by atoms with E-state index in [9.17, 15) is 0 Å². The molecule has 0 amide bonds. The molecule has 1 heterocycles. The average molecular weight is 375 g/mol. The number of H-pyrrole nitrogens is 1. The van der Waals surface area contributed by atoms with Crippen molar-refractivity contribution in [1.29, 1.82) is 0 Å². The van der Waals surface area contributed by atoms with Crippen LogP contribution >= 0.6 is 12.2 Å². The van der Waals surface area contributed by atoms with Crippen LogP contribution in [0.1, 0.15) is 50.7 Å². The maximum Gasteiger partial charge on any atom is 0.139 e. The molecular weight excluding hydrogens is 348 g/mol. The summed E-state index contributed by atoms with van der Waals surface area (Å²) >= 11 is 5.89. The summed E-state index contributed by atoms with van der Waals surface area (Å²) in [5.41, 5.74) is 6.28. The van der Waals surface area contributed by atoms with E-state index in [-0.39, 0.29) is 5.41 Å². The average Bonchev–Trinajstić information content (AvgIpc) is 2.72. The predicted octanol–water partition coefficient (Wildman–Crippen LogP) is 6.87. The minimum Gasteiger partial charge on any atom is -0.339 e. The highest BCUT2D eigenvalue weighted by Gasteiger charge is 2.39. The number of hydrogen-bond acceptors (Lipinski definition) is 2. The van der Waals surface area contributed by atoms with Gasteiger partial charge in [0.1, 0.15) is 10.5 Å². The second kappa shape index (κ2) is 7.40. The van der Waals surface area contributed by atoms with Crippen LogP contribution in [0.5, 0.6) is 0 Å². The normalized spacial score (nSPS) is 18.0. The van der Waals surface area contributed by atoms with Crippen molar-refractivity contribution in [3.63, 3.8) is 0 Å². The highest BCUT2D eigenvalue weighted by atomic mass is 32.1. The van der Waals surface area contributed by atoms with Crippen LogP contribution in [0.15, 0.2) is 54.6 Å². The molecule has 1 aliphatic carbocycles. The minimum absolute atomic E-state index is 0.0789. The Morgan fingerprint density at radius 3 is 2.52 bits per heavy atom. The SMILES string of the molecule is CCCCC1(CC)Cc2ccccc2-c2[nH]c(-c3ccccc3)nc(=S)c21. The second-order valence-electron chi connectivity index (χ2n) is 7.58. The molecule has 1 aliphatic rings. The Bertz CT molecular complexity index is 1010. The van der Waals surface area contributed by atoms with Crippen LogP contribution in [0.3, 0.4) is 0 Å². The number of unbranched alkanes of at least 4 members (excludes halogenated alkanes) is 1. The summed E-state index contributed by atoms with van der Waals surface area (Å²) in [5.74, 6) is 0.858. The van der Waals surface area contributed by atoms with Crippen LogP contribution in [-0.2, 0) is 11.8 Å². The number of aromatic amines is 1. The Labute approximate surface area is 166 Å². The summed E-state index contributed by atoms with van der Waals surface area (Å²) in [5, 5.41) is 0. The molecule has 3 aromatic rings. The smallest absolute Gasteiger partial charge is 0.139 e. The van der Waals surface area contributed by atoms with E-state index in [1.165, 1.54) is 35.2 Å². The van der Waals surface area contributed by atoms with Crippen molar-refractivity contribution in [2.45, 2.75) is 51.4 Å². The summed E-state index contributed by atoms with van der Waals surface area (Å²) in [6.07, 6.45) is 5.70. The fourth-order valence-electron chi connectivity index (χ4n) is 4.48. The number of fused-ring (bicyclic) bond motifs is 3. The molecule has 0 aliphatic heterocycles. The molecule has 1 unspecified atom stereocenters. The Morgan fingerprint density at radius 1 is 1.04 bits per heavy atom. The van der Waals surface area contributed by atoms with Gasteiger partial charge in [0.15, 0.2) is 0 Å². The predicted molar refractivity (Wildman–Crippen MR) is 115 cm³/mol. The molecule has 2 nitrogen and oxygen atoms in total. The first-order chi connectivity index (χ1) is 13.2. The summed E-state index contributed by atoms with van der Waals surface area (Å²) in [7, 11) is 0. The largest absolute Gasteiger partial charge is 0.339 e. The molecule has 0 saturated heterocycles. The van der Waals surface area contributed by atoms with E-state index in [0.29, 0.717) is 0 Å². The fourth-order valence-corrected chi connectivity index (χ4v) is 4.89. The molecule has 0 saturated carbocycles. The van der Waals surface area contributed by atoms with Crippen LogP contribution in [-0.4, -0.2) is 9.97 Å². The third kappa shape index (κ3) is 3.14. The van der Waals surface area contributed by atoms with Crippen LogP contribution in [0.2, 0.25) is 0 Å². The van der Waals surface area contributed by atoms with E-state index in [4.69, 9.17) is 17.2 Å². The van der Waals surface area contributed by atoms with Gasteiger partial charge in [0.2, 0.25) is 0 Å². The number of nitrogens with zero attached hydrogens (tertiary/aromatic N) is 1. The summed E-state index contributed by atoms with van der Waals surface area (Å²) in [6.45, 7) is 4.56. The van der Waals surface area contributed by atoms with E-state index in [1.54, 1.807) is 0 Å². The lowest BCUT2D eigenvalue weighted by Crippen LogP contribution is -2.33. The highest BCUT2D eigenvalue weighted by molar-refractivity contribution is 7.71. The molecule has 3 heteroatoms. The maximum absolute atomic E-state index is 5.89. The van der Waals surface area contributed by atoms with Gasteiger partial charge in [-0.05, 0) is 24.8 Å². The fraction of sp³-hybridized carbons (Fsp3) is 0.333. The number of benzene rings is 2. The highest BCUT2D eigenvalue weighted by Crippen LogP contribution is 2.47. The van der Waals surface area contributed by atoms with Gasteiger partial charge in [0.25, 0.3) is 0 Å². The van der Waals surface area contributed by atoms with Gasteiger partial charge in [-0.2, -0.15) is 0 Å². The van der Waals surface area contributed by atoms with E-state index >= 15 is 0 Å². The number of rotatable bonds is 5. The van der Waals surface area contributed by atoms with Gasteiger partial charge in [0, 0.05) is 22.1 Å². The lowest BCUT2D eigenvalue weighted by molar-refractivity contribution is 0.357. The van der Waals surface area contributed by atoms with Crippen molar-refractivity contribution in [1.82, 2.24) is 9.97 Å². The van der Waals surface area contributed by atoms with Crippen LogP contribution in [0, 0.1) is 4.64 Å². The van der Waals surface area contributed by atoms with Crippen molar-refractivity contribution in [2.75, 3.05) is 0 Å². The first-order valence-corrected chi connectivity index (χ1v) is 10.4. The molecule has 1 N–H and O–H groups in total. The summed E-state index contributed by atoms with van der Waals surface area (Å²) < 4.78 is 0.759. The van der Waals surface area contributed by atoms with E-state index in [2.05, 4.69) is 55.2 Å². The topological polar surface area (TPSA) is 28.7 Å². The molecule has 0 bridgehead atoms. The Morgan fingerprint density at radius 2 is 1.78 bits per heavy atom. The molecule has 0 spiro atoms. The Balaban J connectivity index is 1.98. The van der Waals surface area contributed by atoms with Crippen molar-refractivity contribution in [3.05, 3.63) is 70.4 Å². The third-order valence-electron chi connectivity index (χ3n) is 6.00. The van der Waals surface area contributed by atoms with Gasteiger partial charge >= 0.3 is 0 Å². The molecule has 4 rings (SSSR count). The van der Waals surface area contributed by atoms with Gasteiger partial charge in [-0.15, -0.1) is 0 Å². The Hall–Kier alpha value is -2.26. The zero-order chi connectivity index (χ0) is 18.9. The molecule has 2 aromatic carbocycles. The molecular formula is C24H26N2S. The first-order valence-electron chi connectivity index (χ1n) is 9.97. The van der Waals surface area contributed by atoms with Crippen molar-refractivity contribution >= 4 is 12.2 Å². The maximum atomic E-state index is 5.89. The van der Waals surface area contributed by atoms with Gasteiger partial charge in [-0.3, -0.25) is 0 Å². The zero-order valence-corrected chi connectivity index (χ0v) is 16.9. The van der Waals surface area contributed by atoms with Crippen LogP contribution in [0.25, 0.3) is 22.6 Å². The molecule has 1 atom stereocenters.